The second kappa shape index (κ2) is 6.82. The van der Waals surface area contributed by atoms with Crippen LogP contribution in [0.4, 0.5) is 4.79 Å². The molecule has 1 aromatic rings. The maximum absolute atomic E-state index is 12.8. The van der Waals surface area contributed by atoms with Crippen molar-refractivity contribution in [2.75, 3.05) is 39.4 Å². The molecular formula is C18H24N2O5. The number of carbonyl (C=O) groups excluding carboxylic acids is 2. The van der Waals surface area contributed by atoms with Gasteiger partial charge in [0, 0.05) is 26.2 Å². The van der Waals surface area contributed by atoms with Gasteiger partial charge in [-0.1, -0.05) is 6.07 Å². The maximum atomic E-state index is 12.8. The van der Waals surface area contributed by atoms with Crippen molar-refractivity contribution in [3.8, 4) is 11.5 Å². The molecule has 1 aromatic carbocycles. The zero-order valence-corrected chi connectivity index (χ0v) is 14.9. The molecular weight excluding hydrogens is 324 g/mol. The Morgan fingerprint density at radius 3 is 2.32 bits per heavy atom. The molecule has 0 aliphatic carbocycles. The van der Waals surface area contributed by atoms with Gasteiger partial charge in [-0.2, -0.15) is 0 Å². The van der Waals surface area contributed by atoms with E-state index in [1.807, 2.05) is 20.8 Å². The molecule has 1 saturated heterocycles. The van der Waals surface area contributed by atoms with Crippen molar-refractivity contribution >= 4 is 12.0 Å². The van der Waals surface area contributed by atoms with Crippen LogP contribution >= 0.6 is 0 Å². The highest BCUT2D eigenvalue weighted by Gasteiger charge is 2.30. The first-order chi connectivity index (χ1) is 11.8. The predicted molar refractivity (Wildman–Crippen MR) is 91.1 cm³/mol. The summed E-state index contributed by atoms with van der Waals surface area (Å²) in [6.07, 6.45) is -0.339. The van der Waals surface area contributed by atoms with Crippen LogP contribution in [-0.4, -0.2) is 66.8 Å². The fourth-order valence-corrected chi connectivity index (χ4v) is 2.83. The highest BCUT2D eigenvalue weighted by atomic mass is 16.6. The van der Waals surface area contributed by atoms with E-state index < -0.39 is 5.60 Å². The molecule has 136 valence electrons. The third-order valence-corrected chi connectivity index (χ3v) is 4.02. The van der Waals surface area contributed by atoms with Crippen LogP contribution in [-0.2, 0) is 4.74 Å². The molecule has 1 fully saturated rings. The maximum Gasteiger partial charge on any atom is 0.410 e. The Kier molecular flexibility index (Phi) is 4.74. The fraction of sp³-hybridized carbons (Fsp3) is 0.556. The van der Waals surface area contributed by atoms with Crippen molar-refractivity contribution in [2.45, 2.75) is 26.4 Å². The van der Waals surface area contributed by atoms with E-state index in [4.69, 9.17) is 14.2 Å². The summed E-state index contributed by atoms with van der Waals surface area (Å²) in [4.78, 5) is 28.3. The van der Waals surface area contributed by atoms with Gasteiger partial charge >= 0.3 is 6.09 Å². The topological polar surface area (TPSA) is 68.3 Å². The zero-order valence-electron chi connectivity index (χ0n) is 14.9. The van der Waals surface area contributed by atoms with Gasteiger partial charge in [0.1, 0.15) is 18.8 Å². The number of amides is 2. The van der Waals surface area contributed by atoms with Gasteiger partial charge in [-0.3, -0.25) is 4.79 Å². The highest BCUT2D eigenvalue weighted by molar-refractivity contribution is 5.98. The smallest absolute Gasteiger partial charge is 0.410 e. The minimum absolute atomic E-state index is 0.105. The first-order valence-corrected chi connectivity index (χ1v) is 8.51. The molecule has 2 heterocycles. The average Bonchev–Trinajstić information content (AvgIpc) is 2.59. The summed E-state index contributed by atoms with van der Waals surface area (Å²) >= 11 is 0. The van der Waals surface area contributed by atoms with Crippen LogP contribution < -0.4 is 9.47 Å². The van der Waals surface area contributed by atoms with Crippen LogP contribution in [0.3, 0.4) is 0 Å². The lowest BCUT2D eigenvalue weighted by Gasteiger charge is -2.36. The predicted octanol–water partition coefficient (Wildman–Crippen LogP) is 2.15. The molecule has 2 aliphatic heterocycles. The van der Waals surface area contributed by atoms with Crippen LogP contribution in [0.5, 0.6) is 11.5 Å². The summed E-state index contributed by atoms with van der Waals surface area (Å²) in [6.45, 7) is 8.26. The summed E-state index contributed by atoms with van der Waals surface area (Å²) in [5.41, 5.74) is -0.0206. The quantitative estimate of drug-likeness (QED) is 0.778. The van der Waals surface area contributed by atoms with Crippen LogP contribution in [0.25, 0.3) is 0 Å². The van der Waals surface area contributed by atoms with Crippen molar-refractivity contribution in [3.63, 3.8) is 0 Å². The summed E-state index contributed by atoms with van der Waals surface area (Å²) in [6, 6.07) is 5.33. The molecule has 0 aromatic heterocycles. The Bertz CT molecular complexity index is 660. The van der Waals surface area contributed by atoms with Gasteiger partial charge in [-0.05, 0) is 32.9 Å². The number of nitrogens with zero attached hydrogens (tertiary/aromatic N) is 2. The number of ether oxygens (including phenoxy) is 3. The van der Waals surface area contributed by atoms with Gasteiger partial charge < -0.3 is 24.0 Å². The number of para-hydroxylation sites is 1. The number of rotatable bonds is 1. The Hall–Kier alpha value is -2.44. The van der Waals surface area contributed by atoms with Gasteiger partial charge in [0.2, 0.25) is 0 Å². The standard InChI is InChI=1S/C18H24N2O5/c1-18(2,3)25-17(22)20-9-7-19(8-10-20)16(21)13-5-4-6-14-15(13)24-12-11-23-14/h4-6H,7-12H2,1-3H3. The Morgan fingerprint density at radius 1 is 1.00 bits per heavy atom. The lowest BCUT2D eigenvalue weighted by molar-refractivity contribution is 0.0140. The van der Waals surface area contributed by atoms with Crippen LogP contribution in [0.15, 0.2) is 18.2 Å². The monoisotopic (exact) mass is 348 g/mol. The molecule has 0 radical (unpaired) electrons. The molecule has 3 rings (SSSR count). The fourth-order valence-electron chi connectivity index (χ4n) is 2.83. The second-order valence-electron chi connectivity index (χ2n) is 7.09. The molecule has 0 saturated carbocycles. The summed E-state index contributed by atoms with van der Waals surface area (Å²) < 4.78 is 16.5. The lowest BCUT2D eigenvalue weighted by atomic mass is 10.1. The molecule has 2 aliphatic rings. The Labute approximate surface area is 147 Å². The van der Waals surface area contributed by atoms with E-state index in [1.54, 1.807) is 28.0 Å². The van der Waals surface area contributed by atoms with Gasteiger partial charge in [-0.15, -0.1) is 0 Å². The summed E-state index contributed by atoms with van der Waals surface area (Å²) in [5.74, 6) is 1.00. The van der Waals surface area contributed by atoms with Crippen LogP contribution in [0.2, 0.25) is 0 Å². The Balaban J connectivity index is 1.64. The number of fused-ring (bicyclic) bond motifs is 1. The molecule has 0 spiro atoms. The third kappa shape index (κ3) is 3.97. The van der Waals surface area contributed by atoms with Crippen molar-refractivity contribution in [1.29, 1.82) is 0 Å². The third-order valence-electron chi connectivity index (χ3n) is 4.02. The first-order valence-electron chi connectivity index (χ1n) is 8.51. The van der Waals surface area contributed by atoms with Crippen molar-refractivity contribution < 1.29 is 23.8 Å². The number of piperazine rings is 1. The van der Waals surface area contributed by atoms with E-state index in [9.17, 15) is 9.59 Å². The molecule has 25 heavy (non-hydrogen) atoms. The highest BCUT2D eigenvalue weighted by Crippen LogP contribution is 2.34. The van der Waals surface area contributed by atoms with Crippen LogP contribution in [0, 0.1) is 0 Å². The van der Waals surface area contributed by atoms with E-state index in [0.29, 0.717) is 56.5 Å². The van der Waals surface area contributed by atoms with Gasteiger partial charge in [0.05, 0.1) is 5.56 Å². The summed E-state index contributed by atoms with van der Waals surface area (Å²) in [5, 5.41) is 0. The molecule has 0 unspecified atom stereocenters. The number of hydrogen-bond donors (Lipinski definition) is 0. The average molecular weight is 348 g/mol. The normalized spacial score (nSPS) is 17.2. The lowest BCUT2D eigenvalue weighted by Crippen LogP contribution is -2.51. The second-order valence-corrected chi connectivity index (χ2v) is 7.09. The Morgan fingerprint density at radius 2 is 1.64 bits per heavy atom. The van der Waals surface area contributed by atoms with Gasteiger partial charge in [0.15, 0.2) is 11.5 Å². The van der Waals surface area contributed by atoms with E-state index in [-0.39, 0.29) is 12.0 Å². The van der Waals surface area contributed by atoms with E-state index in [0.717, 1.165) is 0 Å². The summed E-state index contributed by atoms with van der Waals surface area (Å²) in [7, 11) is 0. The van der Waals surface area contributed by atoms with Crippen molar-refractivity contribution in [1.82, 2.24) is 9.80 Å². The molecule has 0 bridgehead atoms. The van der Waals surface area contributed by atoms with Gasteiger partial charge in [-0.25, -0.2) is 4.79 Å². The van der Waals surface area contributed by atoms with Crippen molar-refractivity contribution in [3.05, 3.63) is 23.8 Å². The van der Waals surface area contributed by atoms with Crippen LogP contribution in [0.1, 0.15) is 31.1 Å². The number of benzene rings is 1. The molecule has 7 heteroatoms. The van der Waals surface area contributed by atoms with E-state index >= 15 is 0 Å². The van der Waals surface area contributed by atoms with Crippen molar-refractivity contribution in [2.24, 2.45) is 0 Å². The largest absolute Gasteiger partial charge is 0.486 e. The SMILES string of the molecule is CC(C)(C)OC(=O)N1CCN(C(=O)c2cccc3c2OCCO3)CC1. The zero-order chi connectivity index (χ0) is 18.0. The number of carbonyl (C=O) groups is 2. The first kappa shape index (κ1) is 17.4. The molecule has 7 nitrogen and oxygen atoms in total. The number of hydrogen-bond acceptors (Lipinski definition) is 5. The van der Waals surface area contributed by atoms with E-state index in [2.05, 4.69) is 0 Å². The molecule has 2 amide bonds. The minimum atomic E-state index is -0.523. The van der Waals surface area contributed by atoms with E-state index in [1.165, 1.54) is 0 Å². The minimum Gasteiger partial charge on any atom is -0.486 e. The molecule has 0 atom stereocenters. The molecule has 0 N–H and O–H groups in total. The van der Waals surface area contributed by atoms with Gasteiger partial charge in [0.25, 0.3) is 5.91 Å².